The number of amides is 4. The lowest BCUT2D eigenvalue weighted by Crippen LogP contribution is -2.55. The average Bonchev–Trinajstić information content (AvgIpc) is 3.12. The maximum atomic E-state index is 12.5. The second-order valence-corrected chi connectivity index (χ2v) is 9.81. The third-order valence-electron chi connectivity index (χ3n) is 4.92. The fourth-order valence-corrected chi connectivity index (χ4v) is 3.34. The van der Waals surface area contributed by atoms with Gasteiger partial charge in [0.15, 0.2) is 0 Å². The van der Waals surface area contributed by atoms with Gasteiger partial charge in [-0.25, -0.2) is 13.3 Å². The molecule has 30 heavy (non-hydrogen) atoms. The standard InChI is InChI=1S/C18H33N5O6S/c1-18(2,3)13(11-22(4)30(5)29)21-17(28)20-9-14(24)23-8-6-7-12(23)16(27)19-10-15(25)26/h12-13H,6-11H2,1-5H3,(H,19,27)(H,25,26)(H2,20,21,28). The zero-order chi connectivity index (χ0) is 23.1. The molecule has 172 valence electrons. The van der Waals surface area contributed by atoms with Crippen LogP contribution in [-0.2, 0) is 25.4 Å². The molecule has 0 aliphatic carbocycles. The molecule has 0 radical (unpaired) electrons. The van der Waals surface area contributed by atoms with Crippen molar-refractivity contribution in [2.45, 2.75) is 45.7 Å². The van der Waals surface area contributed by atoms with E-state index in [4.69, 9.17) is 5.11 Å². The Kier molecular flexibility index (Phi) is 9.69. The van der Waals surface area contributed by atoms with Crippen LogP contribution in [0.2, 0.25) is 0 Å². The van der Waals surface area contributed by atoms with E-state index in [0.717, 1.165) is 0 Å². The third kappa shape index (κ3) is 8.27. The smallest absolute Gasteiger partial charge is 0.322 e. The Morgan fingerprint density at radius 3 is 2.37 bits per heavy atom. The van der Waals surface area contributed by atoms with Gasteiger partial charge in [-0.05, 0) is 25.3 Å². The maximum absolute atomic E-state index is 12.5. The molecule has 4 N–H and O–H groups in total. The van der Waals surface area contributed by atoms with Crippen LogP contribution in [0.15, 0.2) is 0 Å². The van der Waals surface area contributed by atoms with Gasteiger partial charge >= 0.3 is 12.0 Å². The van der Waals surface area contributed by atoms with Crippen molar-refractivity contribution in [2.75, 3.05) is 39.5 Å². The summed E-state index contributed by atoms with van der Waals surface area (Å²) in [4.78, 5) is 48.9. The summed E-state index contributed by atoms with van der Waals surface area (Å²) in [5.74, 6) is -2.10. The summed E-state index contributed by atoms with van der Waals surface area (Å²) in [6, 6.07) is -1.59. The molecule has 3 unspecified atom stereocenters. The summed E-state index contributed by atoms with van der Waals surface area (Å²) in [6.45, 7) is 5.77. The molecular formula is C18H33N5O6S. The summed E-state index contributed by atoms with van der Waals surface area (Å²) < 4.78 is 13.2. The fourth-order valence-electron chi connectivity index (χ4n) is 2.98. The van der Waals surface area contributed by atoms with Crippen LogP contribution in [0.1, 0.15) is 33.6 Å². The van der Waals surface area contributed by atoms with Crippen molar-refractivity contribution < 1.29 is 28.5 Å². The van der Waals surface area contributed by atoms with E-state index in [-0.39, 0.29) is 18.0 Å². The van der Waals surface area contributed by atoms with Gasteiger partial charge in [-0.15, -0.1) is 0 Å². The summed E-state index contributed by atoms with van der Waals surface area (Å²) in [5.41, 5.74) is -0.308. The first-order chi connectivity index (χ1) is 13.8. The highest BCUT2D eigenvalue weighted by Gasteiger charge is 2.34. The van der Waals surface area contributed by atoms with Crippen LogP contribution < -0.4 is 16.0 Å². The van der Waals surface area contributed by atoms with Crippen molar-refractivity contribution in [2.24, 2.45) is 5.41 Å². The van der Waals surface area contributed by atoms with Crippen molar-refractivity contribution in [1.82, 2.24) is 25.2 Å². The predicted molar refractivity (Wildman–Crippen MR) is 112 cm³/mol. The molecule has 12 heteroatoms. The third-order valence-corrected chi connectivity index (χ3v) is 5.95. The van der Waals surface area contributed by atoms with Gasteiger partial charge in [-0.3, -0.25) is 14.4 Å². The molecule has 0 bridgehead atoms. The Labute approximate surface area is 179 Å². The molecule has 1 heterocycles. The van der Waals surface area contributed by atoms with Gasteiger partial charge in [-0.2, -0.15) is 0 Å². The Hall–Kier alpha value is -2.21. The summed E-state index contributed by atoms with van der Waals surface area (Å²) >= 11 is 0. The minimum atomic E-state index is -1.18. The Morgan fingerprint density at radius 2 is 1.83 bits per heavy atom. The topological polar surface area (TPSA) is 148 Å². The van der Waals surface area contributed by atoms with Crippen LogP contribution in [0.25, 0.3) is 0 Å². The lowest BCUT2D eigenvalue weighted by Gasteiger charge is -2.34. The highest BCUT2D eigenvalue weighted by molar-refractivity contribution is 7.81. The molecule has 0 aromatic heterocycles. The number of carboxylic acids is 1. The number of nitrogens with zero attached hydrogens (tertiary/aromatic N) is 2. The molecule has 0 saturated carbocycles. The normalized spacial score (nSPS) is 18.6. The van der Waals surface area contributed by atoms with Gasteiger partial charge in [0.05, 0.1) is 17.5 Å². The number of urea groups is 1. The average molecular weight is 448 g/mol. The van der Waals surface area contributed by atoms with Gasteiger partial charge in [0.2, 0.25) is 11.8 Å². The fraction of sp³-hybridized carbons (Fsp3) is 0.778. The van der Waals surface area contributed by atoms with Crippen molar-refractivity contribution in [3.63, 3.8) is 0 Å². The monoisotopic (exact) mass is 447 g/mol. The second kappa shape index (κ2) is 11.3. The largest absolute Gasteiger partial charge is 0.480 e. The van der Waals surface area contributed by atoms with Gasteiger partial charge in [0.25, 0.3) is 0 Å². The van der Waals surface area contributed by atoms with Crippen molar-refractivity contribution in [1.29, 1.82) is 0 Å². The Morgan fingerprint density at radius 1 is 1.20 bits per heavy atom. The molecule has 0 aromatic rings. The number of likely N-dealkylation sites (N-methyl/N-ethyl adjacent to an activating group) is 1. The number of rotatable bonds is 9. The molecule has 4 amide bonds. The highest BCUT2D eigenvalue weighted by atomic mass is 32.2. The van der Waals surface area contributed by atoms with Crippen LogP contribution in [-0.4, -0.2) is 93.9 Å². The zero-order valence-corrected chi connectivity index (χ0v) is 19.0. The zero-order valence-electron chi connectivity index (χ0n) is 18.2. The van der Waals surface area contributed by atoms with Crippen LogP contribution in [0.5, 0.6) is 0 Å². The molecule has 1 rings (SSSR count). The molecule has 1 fully saturated rings. The number of aliphatic carboxylic acids is 1. The van der Waals surface area contributed by atoms with Crippen molar-refractivity contribution in [3.8, 4) is 0 Å². The second-order valence-electron chi connectivity index (χ2n) is 8.34. The van der Waals surface area contributed by atoms with E-state index in [1.165, 1.54) is 4.90 Å². The van der Waals surface area contributed by atoms with Gasteiger partial charge in [-0.1, -0.05) is 20.8 Å². The van der Waals surface area contributed by atoms with E-state index >= 15 is 0 Å². The van der Waals surface area contributed by atoms with Gasteiger partial charge in [0.1, 0.15) is 12.6 Å². The van der Waals surface area contributed by atoms with Crippen LogP contribution in [0.4, 0.5) is 4.79 Å². The van der Waals surface area contributed by atoms with Gasteiger partial charge < -0.3 is 26.0 Å². The molecule has 1 saturated heterocycles. The quantitative estimate of drug-likeness (QED) is 0.361. The maximum Gasteiger partial charge on any atom is 0.322 e. The number of hydrogen-bond donors (Lipinski definition) is 4. The van der Waals surface area contributed by atoms with Crippen LogP contribution >= 0.6 is 0 Å². The van der Waals surface area contributed by atoms with E-state index in [0.29, 0.717) is 25.9 Å². The van der Waals surface area contributed by atoms with Crippen molar-refractivity contribution >= 4 is 34.8 Å². The lowest BCUT2D eigenvalue weighted by molar-refractivity contribution is -0.140. The number of nitrogens with one attached hydrogen (secondary N) is 3. The number of carbonyl (C=O) groups excluding carboxylic acids is 3. The Bertz CT molecular complexity index is 680. The van der Waals surface area contributed by atoms with Crippen LogP contribution in [0.3, 0.4) is 0 Å². The lowest BCUT2D eigenvalue weighted by atomic mass is 9.87. The Balaban J connectivity index is 2.61. The number of hydrogen-bond acceptors (Lipinski definition) is 5. The van der Waals surface area contributed by atoms with E-state index < -0.39 is 47.4 Å². The van der Waals surface area contributed by atoms with Crippen LogP contribution in [0, 0.1) is 5.41 Å². The predicted octanol–water partition coefficient (Wildman–Crippen LogP) is -0.883. The molecule has 0 spiro atoms. The number of carbonyl (C=O) groups is 4. The minimum Gasteiger partial charge on any atom is -0.480 e. The summed E-state index contributed by atoms with van der Waals surface area (Å²) in [5, 5.41) is 16.3. The van der Waals surface area contributed by atoms with E-state index in [1.807, 2.05) is 20.8 Å². The summed E-state index contributed by atoms with van der Waals surface area (Å²) in [7, 11) is 0.515. The van der Waals surface area contributed by atoms with Crippen molar-refractivity contribution in [3.05, 3.63) is 0 Å². The highest BCUT2D eigenvalue weighted by Crippen LogP contribution is 2.20. The van der Waals surface area contributed by atoms with E-state index in [2.05, 4.69) is 16.0 Å². The minimum absolute atomic E-state index is 0.291. The number of carboxylic acid groups (broad SMARTS) is 1. The first-order valence-electron chi connectivity index (χ1n) is 9.71. The molecular weight excluding hydrogens is 414 g/mol. The number of likely N-dealkylation sites (tertiary alicyclic amines) is 1. The summed E-state index contributed by atoms with van der Waals surface area (Å²) in [6.07, 6.45) is 2.61. The first kappa shape index (κ1) is 25.8. The molecule has 1 aliphatic rings. The SMILES string of the molecule is CN(CC(NC(=O)NCC(=O)N1CCCC1C(=O)NCC(=O)O)C(C)(C)C)S(C)=O. The molecule has 0 aromatic carbocycles. The van der Waals surface area contributed by atoms with Gasteiger partial charge in [0, 0.05) is 25.4 Å². The first-order valence-corrected chi connectivity index (χ1v) is 11.2. The molecule has 11 nitrogen and oxygen atoms in total. The van der Waals surface area contributed by atoms with E-state index in [1.54, 1.807) is 17.6 Å². The molecule has 3 atom stereocenters. The van der Waals surface area contributed by atoms with E-state index in [9.17, 15) is 23.4 Å². The molecule has 1 aliphatic heterocycles.